The molecular formula is C11H24N2O2S. The lowest BCUT2D eigenvalue weighted by Crippen LogP contribution is -2.44. The van der Waals surface area contributed by atoms with Crippen LogP contribution in [0.5, 0.6) is 0 Å². The standard InChI is InChI=1S/C11H24N2O2S/c1-3-16(14,15)9-5-8-13(2)11-6-4-7-12-10-11/h11-12H,3-10H2,1-2H3. The highest BCUT2D eigenvalue weighted by atomic mass is 32.2. The van der Waals surface area contributed by atoms with Crippen LogP contribution in [0.3, 0.4) is 0 Å². The van der Waals surface area contributed by atoms with Crippen molar-refractivity contribution in [1.29, 1.82) is 0 Å². The van der Waals surface area contributed by atoms with Crippen LogP contribution in [0.4, 0.5) is 0 Å². The third-order valence-electron chi connectivity index (χ3n) is 3.30. The van der Waals surface area contributed by atoms with E-state index in [0.717, 1.165) is 26.1 Å². The monoisotopic (exact) mass is 248 g/mol. The third kappa shape index (κ3) is 4.80. The van der Waals surface area contributed by atoms with Gasteiger partial charge >= 0.3 is 0 Å². The minimum atomic E-state index is -2.79. The molecule has 96 valence electrons. The molecule has 1 atom stereocenters. The van der Waals surface area contributed by atoms with Crippen molar-refractivity contribution >= 4 is 9.84 Å². The minimum absolute atomic E-state index is 0.266. The summed E-state index contributed by atoms with van der Waals surface area (Å²) in [4.78, 5) is 2.29. The Hall–Kier alpha value is -0.130. The molecule has 1 aliphatic rings. The summed E-state index contributed by atoms with van der Waals surface area (Å²) in [6.45, 7) is 4.75. The molecular weight excluding hydrogens is 224 g/mol. The van der Waals surface area contributed by atoms with Gasteiger partial charge in [0.2, 0.25) is 0 Å². The van der Waals surface area contributed by atoms with E-state index in [2.05, 4.69) is 17.3 Å². The van der Waals surface area contributed by atoms with Gasteiger partial charge in [-0.2, -0.15) is 0 Å². The molecule has 1 heterocycles. The Morgan fingerprint density at radius 2 is 2.19 bits per heavy atom. The van der Waals surface area contributed by atoms with Gasteiger partial charge in [0.25, 0.3) is 0 Å². The van der Waals surface area contributed by atoms with Gasteiger partial charge in [0.05, 0.1) is 5.75 Å². The van der Waals surface area contributed by atoms with Gasteiger partial charge < -0.3 is 10.2 Å². The van der Waals surface area contributed by atoms with Crippen molar-refractivity contribution in [2.45, 2.75) is 32.2 Å². The van der Waals surface area contributed by atoms with Crippen LogP contribution in [0.2, 0.25) is 0 Å². The lowest BCUT2D eigenvalue weighted by molar-refractivity contribution is 0.204. The van der Waals surface area contributed by atoms with E-state index in [1.165, 1.54) is 12.8 Å². The molecule has 0 radical (unpaired) electrons. The number of hydrogen-bond acceptors (Lipinski definition) is 4. The largest absolute Gasteiger partial charge is 0.315 e. The molecule has 1 saturated heterocycles. The molecule has 0 aliphatic carbocycles. The summed E-state index contributed by atoms with van der Waals surface area (Å²) in [5, 5.41) is 3.37. The summed E-state index contributed by atoms with van der Waals surface area (Å²) in [5.41, 5.74) is 0. The Bertz CT molecular complexity index is 284. The topological polar surface area (TPSA) is 49.4 Å². The van der Waals surface area contributed by atoms with Gasteiger partial charge in [-0.15, -0.1) is 0 Å². The zero-order valence-corrected chi connectivity index (χ0v) is 11.2. The van der Waals surface area contributed by atoms with Crippen LogP contribution < -0.4 is 5.32 Å². The lowest BCUT2D eigenvalue weighted by Gasteiger charge is -2.31. The summed E-state index contributed by atoms with van der Waals surface area (Å²) in [5.74, 6) is 0.593. The predicted molar refractivity (Wildman–Crippen MR) is 67.5 cm³/mol. The maximum Gasteiger partial charge on any atom is 0.150 e. The maximum absolute atomic E-state index is 11.3. The Labute approximate surface area is 99.3 Å². The van der Waals surface area contributed by atoms with Crippen molar-refractivity contribution in [2.75, 3.05) is 38.2 Å². The molecule has 1 N–H and O–H groups in total. The van der Waals surface area contributed by atoms with Gasteiger partial charge in [-0.3, -0.25) is 0 Å². The number of rotatable bonds is 6. The van der Waals surface area contributed by atoms with Crippen LogP contribution in [0.25, 0.3) is 0 Å². The number of nitrogens with zero attached hydrogens (tertiary/aromatic N) is 1. The Kier molecular flexibility index (Phi) is 5.72. The molecule has 5 heteroatoms. The molecule has 1 rings (SSSR count). The van der Waals surface area contributed by atoms with Crippen molar-refractivity contribution in [3.05, 3.63) is 0 Å². The van der Waals surface area contributed by atoms with Crippen molar-refractivity contribution in [3.8, 4) is 0 Å². The quantitative estimate of drug-likeness (QED) is 0.743. The van der Waals surface area contributed by atoms with E-state index in [9.17, 15) is 8.42 Å². The highest BCUT2D eigenvalue weighted by Gasteiger charge is 2.17. The van der Waals surface area contributed by atoms with Crippen LogP contribution >= 0.6 is 0 Å². The molecule has 0 spiro atoms. The second-order valence-corrected chi connectivity index (χ2v) is 7.04. The summed E-state index contributed by atoms with van der Waals surface area (Å²) in [7, 11) is -0.695. The third-order valence-corrected chi connectivity index (χ3v) is 5.09. The summed E-state index contributed by atoms with van der Waals surface area (Å²) in [6, 6.07) is 0.582. The first-order valence-corrected chi connectivity index (χ1v) is 7.98. The van der Waals surface area contributed by atoms with E-state index >= 15 is 0 Å². The second kappa shape index (κ2) is 6.57. The predicted octanol–water partition coefficient (Wildman–Crippen LogP) is 0.495. The average molecular weight is 248 g/mol. The zero-order chi connectivity index (χ0) is 12.0. The molecule has 1 unspecified atom stereocenters. The van der Waals surface area contributed by atoms with Gasteiger partial charge in [0.15, 0.2) is 0 Å². The number of hydrogen-bond donors (Lipinski definition) is 1. The molecule has 1 fully saturated rings. The van der Waals surface area contributed by atoms with E-state index in [-0.39, 0.29) is 5.75 Å². The van der Waals surface area contributed by atoms with Crippen molar-refractivity contribution in [3.63, 3.8) is 0 Å². The fourth-order valence-electron chi connectivity index (χ4n) is 2.07. The van der Waals surface area contributed by atoms with E-state index in [0.29, 0.717) is 11.8 Å². The molecule has 0 aromatic rings. The summed E-state index contributed by atoms with van der Waals surface area (Å²) >= 11 is 0. The van der Waals surface area contributed by atoms with Crippen LogP contribution in [-0.2, 0) is 9.84 Å². The van der Waals surface area contributed by atoms with Gasteiger partial charge in [-0.05, 0) is 39.4 Å². The molecule has 0 aromatic carbocycles. The first-order chi connectivity index (χ1) is 7.55. The van der Waals surface area contributed by atoms with Gasteiger partial charge in [-0.1, -0.05) is 6.92 Å². The van der Waals surface area contributed by atoms with E-state index < -0.39 is 9.84 Å². The van der Waals surface area contributed by atoms with Crippen molar-refractivity contribution in [1.82, 2.24) is 10.2 Å². The van der Waals surface area contributed by atoms with E-state index in [4.69, 9.17) is 0 Å². The first-order valence-electron chi connectivity index (χ1n) is 6.16. The fourth-order valence-corrected chi connectivity index (χ4v) is 2.93. The second-order valence-electron chi connectivity index (χ2n) is 4.57. The molecule has 0 bridgehead atoms. The normalized spacial score (nSPS) is 22.6. The molecule has 0 saturated carbocycles. The highest BCUT2D eigenvalue weighted by molar-refractivity contribution is 7.91. The molecule has 1 aliphatic heterocycles. The molecule has 0 amide bonds. The number of likely N-dealkylation sites (N-methyl/N-ethyl adjacent to an activating group) is 1. The van der Waals surface area contributed by atoms with E-state index in [1.54, 1.807) is 6.92 Å². The first kappa shape index (κ1) is 13.9. The molecule has 0 aromatic heterocycles. The van der Waals surface area contributed by atoms with Crippen molar-refractivity contribution < 1.29 is 8.42 Å². The number of sulfone groups is 1. The SMILES string of the molecule is CCS(=O)(=O)CCCN(C)C1CCCNC1. The average Bonchev–Trinajstić information content (AvgIpc) is 2.30. The van der Waals surface area contributed by atoms with Crippen LogP contribution in [0.1, 0.15) is 26.2 Å². The molecule has 4 nitrogen and oxygen atoms in total. The zero-order valence-electron chi connectivity index (χ0n) is 10.4. The number of nitrogens with one attached hydrogen (secondary N) is 1. The summed E-state index contributed by atoms with van der Waals surface area (Å²) < 4.78 is 22.7. The van der Waals surface area contributed by atoms with Gasteiger partial charge in [0.1, 0.15) is 9.84 Å². The molecule has 16 heavy (non-hydrogen) atoms. The fraction of sp³-hybridized carbons (Fsp3) is 1.00. The summed E-state index contributed by atoms with van der Waals surface area (Å²) in [6.07, 6.45) is 3.20. The Morgan fingerprint density at radius 1 is 1.44 bits per heavy atom. The van der Waals surface area contributed by atoms with Crippen LogP contribution in [0, 0.1) is 0 Å². The van der Waals surface area contributed by atoms with Crippen molar-refractivity contribution in [2.24, 2.45) is 0 Å². The smallest absolute Gasteiger partial charge is 0.150 e. The van der Waals surface area contributed by atoms with Gasteiger partial charge in [-0.25, -0.2) is 8.42 Å². The Morgan fingerprint density at radius 3 is 2.75 bits per heavy atom. The van der Waals surface area contributed by atoms with E-state index in [1.807, 2.05) is 0 Å². The lowest BCUT2D eigenvalue weighted by atomic mass is 10.1. The minimum Gasteiger partial charge on any atom is -0.315 e. The Balaban J connectivity index is 2.21. The maximum atomic E-state index is 11.3. The van der Waals surface area contributed by atoms with Gasteiger partial charge in [0, 0.05) is 18.3 Å². The highest BCUT2D eigenvalue weighted by Crippen LogP contribution is 2.09. The van der Waals surface area contributed by atoms with Crippen LogP contribution in [-0.4, -0.2) is 57.5 Å². The van der Waals surface area contributed by atoms with Crippen LogP contribution in [0.15, 0.2) is 0 Å². The number of piperidine rings is 1.